The molecule has 0 bridgehead atoms. The molecule has 16 heavy (non-hydrogen) atoms. The van der Waals surface area contributed by atoms with Crippen LogP contribution in [0.15, 0.2) is 0 Å². The zero-order chi connectivity index (χ0) is 12.0. The SMILES string of the molecule is NC(CC1(CC#P=O)CCCCC1)C(=O)O. The van der Waals surface area contributed by atoms with Crippen LogP contribution in [-0.4, -0.2) is 17.1 Å². The number of aliphatic carboxylic acids is 1. The van der Waals surface area contributed by atoms with Crippen molar-refractivity contribution in [1.29, 1.82) is 0 Å². The van der Waals surface area contributed by atoms with Crippen molar-refractivity contribution in [3.8, 4) is 5.63 Å². The number of carboxylic acid groups (broad SMARTS) is 1. The predicted octanol–water partition coefficient (Wildman–Crippen LogP) is 2.38. The van der Waals surface area contributed by atoms with Gasteiger partial charge in [0.15, 0.2) is 0 Å². The monoisotopic (exact) mass is 243 g/mol. The van der Waals surface area contributed by atoms with Crippen LogP contribution in [0.5, 0.6) is 0 Å². The summed E-state index contributed by atoms with van der Waals surface area (Å²) in [6.45, 7) is 0. The summed E-state index contributed by atoms with van der Waals surface area (Å²) in [5.41, 5.74) is 8.28. The third-order valence-corrected chi connectivity index (χ3v) is 3.69. The molecule has 0 aromatic carbocycles. The van der Waals surface area contributed by atoms with Gasteiger partial charge in [0.1, 0.15) is 0 Å². The van der Waals surface area contributed by atoms with E-state index in [-0.39, 0.29) is 13.3 Å². The summed E-state index contributed by atoms with van der Waals surface area (Å²) < 4.78 is 10.4. The van der Waals surface area contributed by atoms with Crippen LogP contribution in [-0.2, 0) is 9.36 Å². The van der Waals surface area contributed by atoms with Crippen molar-refractivity contribution in [2.45, 2.75) is 51.0 Å². The van der Waals surface area contributed by atoms with Crippen LogP contribution < -0.4 is 5.73 Å². The summed E-state index contributed by atoms with van der Waals surface area (Å²) in [7, 11) is -0.0966. The third kappa shape index (κ3) is 3.79. The molecule has 0 saturated heterocycles. The molecule has 0 aromatic rings. The standard InChI is InChI=1S/C11H18NO3P/c12-9(10(13)14)8-11(6-7-16-15)4-2-1-3-5-11/h9H,1-6,8,12H2,(H,13,14). The topological polar surface area (TPSA) is 80.4 Å². The van der Waals surface area contributed by atoms with Gasteiger partial charge in [-0.05, 0) is 0 Å². The Bertz CT molecular complexity index is 343. The molecule has 0 aromatic heterocycles. The number of rotatable bonds is 4. The minimum atomic E-state index is -0.954. The van der Waals surface area contributed by atoms with Crippen LogP contribution in [0.2, 0.25) is 0 Å². The van der Waals surface area contributed by atoms with Gasteiger partial charge in [-0.25, -0.2) is 0 Å². The minimum absolute atomic E-state index is 0.0898. The Hall–Kier alpha value is -0.560. The van der Waals surface area contributed by atoms with E-state index in [0.717, 1.165) is 25.7 Å². The normalized spacial score (nSPS) is 20.8. The molecule has 90 valence electrons. The first-order chi connectivity index (χ1) is 7.59. The van der Waals surface area contributed by atoms with E-state index >= 15 is 0 Å². The first-order valence-electron chi connectivity index (χ1n) is 5.63. The zero-order valence-corrected chi connectivity index (χ0v) is 10.2. The average Bonchev–Trinajstić information content (AvgIpc) is 2.27. The number of hydrogen-bond donors (Lipinski definition) is 2. The predicted molar refractivity (Wildman–Crippen MR) is 61.9 cm³/mol. The van der Waals surface area contributed by atoms with E-state index in [2.05, 4.69) is 5.63 Å². The van der Waals surface area contributed by atoms with E-state index in [1.807, 2.05) is 0 Å². The van der Waals surface area contributed by atoms with Gasteiger partial charge in [0.05, 0.1) is 0 Å². The van der Waals surface area contributed by atoms with Gasteiger partial charge in [-0.3, -0.25) is 0 Å². The fraction of sp³-hybridized carbons (Fsp3) is 0.818. The third-order valence-electron chi connectivity index (χ3n) is 3.40. The molecular weight excluding hydrogens is 225 g/mol. The summed E-state index contributed by atoms with van der Waals surface area (Å²) in [4.78, 5) is 10.8. The fourth-order valence-electron chi connectivity index (χ4n) is 2.51. The molecule has 0 spiro atoms. The molecule has 1 atom stereocenters. The van der Waals surface area contributed by atoms with Gasteiger partial charge < -0.3 is 0 Å². The molecule has 0 amide bonds. The van der Waals surface area contributed by atoms with E-state index < -0.39 is 12.0 Å². The molecule has 1 fully saturated rings. The van der Waals surface area contributed by atoms with Crippen molar-refractivity contribution in [1.82, 2.24) is 0 Å². The van der Waals surface area contributed by atoms with Gasteiger partial charge in [-0.1, -0.05) is 0 Å². The molecule has 3 N–H and O–H groups in total. The van der Waals surface area contributed by atoms with Crippen LogP contribution in [0, 0.1) is 11.0 Å². The number of nitrogens with two attached hydrogens (primary N) is 1. The number of carboxylic acids is 1. The maximum atomic E-state index is 10.8. The summed E-state index contributed by atoms with van der Waals surface area (Å²) in [5.74, 6) is -0.954. The first-order valence-corrected chi connectivity index (χ1v) is 6.44. The Labute approximate surface area is 96.7 Å². The molecule has 4 nitrogen and oxygen atoms in total. The van der Waals surface area contributed by atoms with E-state index in [1.165, 1.54) is 6.42 Å². The van der Waals surface area contributed by atoms with E-state index in [4.69, 9.17) is 10.8 Å². The molecule has 1 aliphatic rings. The maximum absolute atomic E-state index is 10.8. The Balaban J connectivity index is 2.71. The molecule has 1 unspecified atom stereocenters. The van der Waals surface area contributed by atoms with Gasteiger partial charge >= 0.3 is 96.1 Å². The first kappa shape index (κ1) is 13.5. The number of carbonyl (C=O) groups is 1. The van der Waals surface area contributed by atoms with Crippen molar-refractivity contribution >= 4 is 13.9 Å². The van der Waals surface area contributed by atoms with E-state index in [1.54, 1.807) is 0 Å². The van der Waals surface area contributed by atoms with Crippen LogP contribution in [0.4, 0.5) is 0 Å². The summed E-state index contributed by atoms with van der Waals surface area (Å²) in [5, 5.41) is 8.84. The molecule has 1 aliphatic carbocycles. The van der Waals surface area contributed by atoms with Crippen molar-refractivity contribution in [3.05, 3.63) is 0 Å². The van der Waals surface area contributed by atoms with Crippen LogP contribution in [0.25, 0.3) is 0 Å². The van der Waals surface area contributed by atoms with Crippen LogP contribution >= 0.6 is 7.92 Å². The molecule has 0 heterocycles. The van der Waals surface area contributed by atoms with Crippen LogP contribution in [0.1, 0.15) is 44.9 Å². The summed E-state index contributed by atoms with van der Waals surface area (Å²) >= 11 is 0. The van der Waals surface area contributed by atoms with Gasteiger partial charge in [-0.2, -0.15) is 0 Å². The van der Waals surface area contributed by atoms with Crippen molar-refractivity contribution in [2.75, 3.05) is 0 Å². The zero-order valence-electron chi connectivity index (χ0n) is 9.32. The Morgan fingerprint density at radius 2 is 2.06 bits per heavy atom. The van der Waals surface area contributed by atoms with Gasteiger partial charge in [0, 0.05) is 0 Å². The Morgan fingerprint density at radius 3 is 2.56 bits per heavy atom. The van der Waals surface area contributed by atoms with Crippen molar-refractivity contribution in [3.63, 3.8) is 0 Å². The van der Waals surface area contributed by atoms with Crippen LogP contribution in [0.3, 0.4) is 0 Å². The molecule has 0 aliphatic heterocycles. The van der Waals surface area contributed by atoms with Gasteiger partial charge in [0.2, 0.25) is 0 Å². The molecule has 1 rings (SSSR count). The summed E-state index contributed by atoms with van der Waals surface area (Å²) in [6.07, 6.45) is 6.38. The quantitative estimate of drug-likeness (QED) is 0.743. The molecule has 5 heteroatoms. The van der Waals surface area contributed by atoms with Gasteiger partial charge in [0.25, 0.3) is 0 Å². The van der Waals surface area contributed by atoms with Gasteiger partial charge in [-0.15, -0.1) is 0 Å². The van der Waals surface area contributed by atoms with E-state index in [0.29, 0.717) is 12.8 Å². The van der Waals surface area contributed by atoms with Crippen molar-refractivity contribution < 1.29 is 14.5 Å². The van der Waals surface area contributed by atoms with Crippen molar-refractivity contribution in [2.24, 2.45) is 11.1 Å². The molecular formula is C11H18NO3P. The second-order valence-corrected chi connectivity index (χ2v) is 5.13. The second-order valence-electron chi connectivity index (χ2n) is 4.64. The molecule has 0 radical (unpaired) electrons. The summed E-state index contributed by atoms with van der Waals surface area (Å²) in [6, 6.07) is -0.816. The molecule has 1 saturated carbocycles. The Morgan fingerprint density at radius 1 is 1.44 bits per heavy atom. The number of hydrogen-bond acceptors (Lipinski definition) is 3. The fourth-order valence-corrected chi connectivity index (χ4v) is 2.91. The average molecular weight is 243 g/mol. The Kier molecular flexibility index (Phi) is 5.27. The van der Waals surface area contributed by atoms with E-state index in [9.17, 15) is 9.36 Å². The second kappa shape index (κ2) is 6.24.